The van der Waals surface area contributed by atoms with Crippen LogP contribution in [-0.2, 0) is 10.8 Å². The molecule has 2 aromatic heterocycles. The Bertz CT molecular complexity index is 6630. The van der Waals surface area contributed by atoms with Crippen LogP contribution in [0.15, 0.2) is 331 Å². The quantitative estimate of drug-likeness (QED) is 0.108. The molecule has 6 heteroatoms. The summed E-state index contributed by atoms with van der Waals surface area (Å²) in [7, 11) is 0. The highest BCUT2D eigenvalue weighted by molar-refractivity contribution is 6.18. The lowest BCUT2D eigenvalue weighted by molar-refractivity contribution is 0.376. The van der Waals surface area contributed by atoms with Gasteiger partial charge in [-0.1, -0.05) is 275 Å². The summed E-state index contributed by atoms with van der Waals surface area (Å²) in [4.78, 5) is 4.33. The van der Waals surface area contributed by atoms with E-state index in [9.17, 15) is 0 Å². The Morgan fingerprint density at radius 2 is 0.792 bits per heavy atom. The van der Waals surface area contributed by atoms with Gasteiger partial charge in [-0.05, 0) is 194 Å². The van der Waals surface area contributed by atoms with Crippen LogP contribution in [0.5, 0.6) is 0 Å². The van der Waals surface area contributed by atoms with Gasteiger partial charge in [-0.15, -0.1) is 0 Å². The standard InChI is InChI=1S/C100H72F2N2O2/c1-8-9-11-31-61(3)65-54-80(68-45-28-33-60(2)63(68)5)96(85(101)56-65)104(88-51-30-47-76-72-40-23-27-53-92(72)106-98(76)88)90-59-84-94(74-42-19-17-38-70(74)90)78-44-21-25-49-82(78)100(84,7)99(6)81-48-24-20-43-77(81)93-73-41-18-16-37-69(73)89(58-83(93)99)103(87-50-29-46-75-71-39-22-26-52-91(71)105-97(75)87)95-79(67-36-15-14-32-62(67)4)55-66(57-86(95)102)64-34-12-10-13-35-64/h8-59H,3H2,1-2,4-7H3/b9-8-,31-11-. The van der Waals surface area contributed by atoms with E-state index >= 15 is 8.78 Å². The molecule has 0 saturated heterocycles. The van der Waals surface area contributed by atoms with Gasteiger partial charge in [0.15, 0.2) is 11.2 Å². The number of aryl methyl sites for hydroxylation is 2. The molecule has 106 heavy (non-hydrogen) atoms. The van der Waals surface area contributed by atoms with E-state index in [1.807, 2.05) is 110 Å². The predicted octanol–water partition coefficient (Wildman–Crippen LogP) is 28.4. The van der Waals surface area contributed by atoms with Gasteiger partial charge >= 0.3 is 0 Å². The lowest BCUT2D eigenvalue weighted by atomic mass is 9.56. The first-order valence-corrected chi connectivity index (χ1v) is 36.4. The molecule has 508 valence electrons. The zero-order chi connectivity index (χ0) is 71.9. The number of benzene rings is 15. The molecule has 2 aliphatic carbocycles. The van der Waals surface area contributed by atoms with Crippen LogP contribution in [0.4, 0.5) is 42.9 Å². The summed E-state index contributed by atoms with van der Waals surface area (Å²) in [6, 6.07) is 101. The lowest BCUT2D eigenvalue weighted by Gasteiger charge is -2.46. The second kappa shape index (κ2) is 24.6. The number of halogens is 2. The van der Waals surface area contributed by atoms with E-state index in [0.717, 1.165) is 155 Å². The molecule has 0 aliphatic heterocycles. The molecule has 0 radical (unpaired) electrons. The Morgan fingerprint density at radius 3 is 1.34 bits per heavy atom. The Morgan fingerprint density at radius 1 is 0.358 bits per heavy atom. The Kier molecular flexibility index (Phi) is 14.9. The summed E-state index contributed by atoms with van der Waals surface area (Å²) in [6.07, 6.45) is 7.82. The van der Waals surface area contributed by atoms with E-state index in [0.29, 0.717) is 50.6 Å². The van der Waals surface area contributed by atoms with Gasteiger partial charge in [0.1, 0.15) is 22.8 Å². The predicted molar refractivity (Wildman–Crippen MR) is 439 cm³/mol. The molecule has 0 N–H and O–H groups in total. The number of allylic oxidation sites excluding steroid dienone is 5. The summed E-state index contributed by atoms with van der Waals surface area (Å²) in [6.45, 7) is 17.7. The molecule has 0 amide bonds. The maximum Gasteiger partial charge on any atom is 0.159 e. The minimum absolute atomic E-state index is 0.366. The fraction of sp³-hybridized carbons (Fsp3) is 0.0800. The van der Waals surface area contributed by atoms with Crippen molar-refractivity contribution in [2.75, 3.05) is 9.80 Å². The number of fused-ring (bicyclic) bond motifs is 16. The van der Waals surface area contributed by atoms with Crippen molar-refractivity contribution in [2.45, 2.75) is 52.4 Å². The van der Waals surface area contributed by atoms with Gasteiger partial charge in [0.05, 0.1) is 34.1 Å². The van der Waals surface area contributed by atoms with Crippen LogP contribution in [0.1, 0.15) is 65.3 Å². The number of hydrogen-bond acceptors (Lipinski definition) is 4. The van der Waals surface area contributed by atoms with Gasteiger partial charge in [-0.3, -0.25) is 0 Å². The van der Waals surface area contributed by atoms with Crippen LogP contribution in [0.2, 0.25) is 0 Å². The first kappa shape index (κ1) is 64.0. The van der Waals surface area contributed by atoms with Crippen LogP contribution >= 0.6 is 0 Å². The molecule has 17 aromatic rings. The molecule has 19 rings (SSSR count). The summed E-state index contributed by atoms with van der Waals surface area (Å²) >= 11 is 0. The highest BCUT2D eigenvalue weighted by Crippen LogP contribution is 2.69. The number of anilines is 6. The zero-order valence-electron chi connectivity index (χ0n) is 59.7. The minimum atomic E-state index is -0.941. The van der Waals surface area contributed by atoms with E-state index in [1.165, 1.54) is 0 Å². The first-order valence-electron chi connectivity index (χ1n) is 36.4. The smallest absolute Gasteiger partial charge is 0.159 e. The van der Waals surface area contributed by atoms with Crippen molar-refractivity contribution >= 4 is 105 Å². The fourth-order valence-electron chi connectivity index (χ4n) is 18.0. The third kappa shape index (κ3) is 9.43. The monoisotopic (exact) mass is 1370 g/mol. The van der Waals surface area contributed by atoms with E-state index < -0.39 is 22.5 Å². The Balaban J connectivity index is 0.934. The SMILES string of the molecule is C=C(/C=C\C=C/C)c1cc(F)c(N(c2cc3c(c4ccccc24)-c2ccccc2C3(C)C2(C)c3ccccc3-c3c2cc(N(c2c(F)cc(-c4ccccc4)cc2-c2ccccc2C)c2cccc4c2oc2ccccc24)c2ccccc32)c2cccc3c2oc2ccccc23)c(-c2cccc(C)c2C)c1. The van der Waals surface area contributed by atoms with Gasteiger partial charge in [0.2, 0.25) is 0 Å². The van der Waals surface area contributed by atoms with E-state index in [1.54, 1.807) is 12.1 Å². The van der Waals surface area contributed by atoms with Crippen molar-refractivity contribution < 1.29 is 17.6 Å². The molecule has 0 spiro atoms. The molecule has 0 fully saturated rings. The lowest BCUT2D eigenvalue weighted by Crippen LogP contribution is -2.44. The molecule has 2 aliphatic rings. The van der Waals surface area contributed by atoms with Crippen LogP contribution in [-0.4, -0.2) is 0 Å². The fourth-order valence-corrected chi connectivity index (χ4v) is 18.0. The van der Waals surface area contributed by atoms with Crippen LogP contribution in [0.3, 0.4) is 0 Å². The molecule has 0 saturated carbocycles. The third-order valence-electron chi connectivity index (χ3n) is 23.3. The van der Waals surface area contributed by atoms with Crippen LogP contribution in [0, 0.1) is 32.4 Å². The van der Waals surface area contributed by atoms with Crippen molar-refractivity contribution in [3.8, 4) is 55.6 Å². The maximum atomic E-state index is 19.4. The van der Waals surface area contributed by atoms with Gasteiger partial charge in [-0.2, -0.15) is 0 Å². The molecule has 2 unspecified atom stereocenters. The second-order valence-electron chi connectivity index (χ2n) is 28.8. The normalized spacial score (nSPS) is 15.2. The average Bonchev–Trinajstić information content (AvgIpc) is 1.49. The topological polar surface area (TPSA) is 32.8 Å². The Hall–Kier alpha value is -12.9. The first-order chi connectivity index (χ1) is 51.8. The van der Waals surface area contributed by atoms with Crippen molar-refractivity contribution in [3.63, 3.8) is 0 Å². The van der Waals surface area contributed by atoms with Crippen molar-refractivity contribution in [2.24, 2.45) is 0 Å². The zero-order valence-corrected chi connectivity index (χ0v) is 59.7. The van der Waals surface area contributed by atoms with Crippen molar-refractivity contribution in [1.82, 2.24) is 0 Å². The van der Waals surface area contributed by atoms with E-state index in [2.05, 4.69) is 251 Å². The average molecular weight is 1370 g/mol. The summed E-state index contributed by atoms with van der Waals surface area (Å²) in [5.74, 6) is -0.823. The largest absolute Gasteiger partial charge is 0.454 e. The maximum absolute atomic E-state index is 19.4. The molecule has 0 bridgehead atoms. The Labute approximate surface area is 615 Å². The van der Waals surface area contributed by atoms with Gasteiger partial charge in [-0.25, -0.2) is 8.78 Å². The minimum Gasteiger partial charge on any atom is -0.454 e. The molecule has 15 aromatic carbocycles. The third-order valence-corrected chi connectivity index (χ3v) is 23.3. The number of furan rings is 2. The number of rotatable bonds is 13. The summed E-state index contributed by atoms with van der Waals surface area (Å²) in [5, 5.41) is 7.64. The molecule has 2 atom stereocenters. The second-order valence-corrected chi connectivity index (χ2v) is 28.8. The number of hydrogen-bond donors (Lipinski definition) is 0. The summed E-state index contributed by atoms with van der Waals surface area (Å²) in [5.41, 5.74) is 22.7. The van der Waals surface area contributed by atoms with Crippen molar-refractivity contribution in [3.05, 3.63) is 378 Å². The van der Waals surface area contributed by atoms with E-state index in [4.69, 9.17) is 8.83 Å². The van der Waals surface area contributed by atoms with Crippen molar-refractivity contribution in [1.29, 1.82) is 0 Å². The van der Waals surface area contributed by atoms with Gasteiger partial charge in [0.25, 0.3) is 0 Å². The number of nitrogens with zero attached hydrogens (tertiary/aromatic N) is 2. The van der Waals surface area contributed by atoms with E-state index in [-0.39, 0.29) is 0 Å². The van der Waals surface area contributed by atoms with Crippen LogP contribution < -0.4 is 9.80 Å². The highest BCUT2D eigenvalue weighted by atomic mass is 19.1. The van der Waals surface area contributed by atoms with Gasteiger partial charge < -0.3 is 18.6 Å². The molecular formula is C100H72F2N2O2. The number of para-hydroxylation sites is 4. The molecule has 2 heterocycles. The molecule has 4 nitrogen and oxygen atoms in total. The summed E-state index contributed by atoms with van der Waals surface area (Å²) < 4.78 is 53.0. The van der Waals surface area contributed by atoms with Crippen LogP contribution in [0.25, 0.3) is 127 Å². The molecular weight excluding hydrogens is 1300 g/mol. The van der Waals surface area contributed by atoms with Gasteiger partial charge in [0, 0.05) is 54.3 Å². The highest BCUT2D eigenvalue weighted by Gasteiger charge is 2.59.